The van der Waals surface area contributed by atoms with Crippen molar-refractivity contribution in [2.24, 2.45) is 4.99 Å². The minimum atomic E-state index is -0.555. The van der Waals surface area contributed by atoms with Crippen molar-refractivity contribution in [1.82, 2.24) is 15.5 Å². The number of ether oxygens (including phenoxy) is 1. The number of halogens is 3. The van der Waals surface area contributed by atoms with Crippen LogP contribution >= 0.6 is 24.0 Å². The second-order valence-corrected chi connectivity index (χ2v) is 7.70. The van der Waals surface area contributed by atoms with Crippen LogP contribution in [0.15, 0.2) is 23.2 Å². The van der Waals surface area contributed by atoms with Crippen molar-refractivity contribution >= 4 is 29.9 Å². The maximum Gasteiger partial charge on any atom is 0.191 e. The summed E-state index contributed by atoms with van der Waals surface area (Å²) in [6.45, 7) is 10.4. The van der Waals surface area contributed by atoms with Crippen molar-refractivity contribution in [1.29, 1.82) is 0 Å². The molecule has 1 atom stereocenters. The van der Waals surface area contributed by atoms with Gasteiger partial charge in [-0.05, 0) is 38.3 Å². The molecule has 2 N–H and O–H groups in total. The van der Waals surface area contributed by atoms with Crippen LogP contribution in [0.2, 0.25) is 0 Å². The fourth-order valence-electron chi connectivity index (χ4n) is 3.37. The third-order valence-electron chi connectivity index (χ3n) is 5.08. The lowest BCUT2D eigenvalue weighted by Crippen LogP contribution is -2.49. The molecule has 0 spiro atoms. The first kappa shape index (κ1) is 26.0. The van der Waals surface area contributed by atoms with E-state index in [0.717, 1.165) is 51.1 Å². The minimum Gasteiger partial charge on any atom is -0.377 e. The predicted octanol–water partition coefficient (Wildman–Crippen LogP) is 3.74. The zero-order valence-electron chi connectivity index (χ0n) is 17.9. The molecule has 0 aliphatic carbocycles. The monoisotopic (exact) mass is 524 g/mol. The van der Waals surface area contributed by atoms with Crippen LogP contribution in [0.1, 0.15) is 45.1 Å². The zero-order chi connectivity index (χ0) is 20.5. The number of nitrogens with zero attached hydrogens (tertiary/aromatic N) is 2. The number of piperidine rings is 1. The molecule has 1 unspecified atom stereocenters. The maximum atomic E-state index is 13.9. The average Bonchev–Trinajstić information content (AvgIpc) is 2.65. The normalized spacial score (nSPS) is 17.1. The van der Waals surface area contributed by atoms with Crippen LogP contribution in [0.4, 0.5) is 8.78 Å². The standard InChI is InChI=1S/C21H34F2N4O.HI/c1-15(2)28-12-11-27-9-7-18(8-10-27)26-21(24-4)25-14-16(3)19-6-5-17(22)13-20(19)23;/h5-6,13,15-16,18H,7-12,14H2,1-4H3,(H2,24,25,26);1H. The first-order valence-electron chi connectivity index (χ1n) is 10.1. The molecule has 5 nitrogen and oxygen atoms in total. The van der Waals surface area contributed by atoms with E-state index in [1.807, 2.05) is 6.92 Å². The fourth-order valence-corrected chi connectivity index (χ4v) is 3.37. The van der Waals surface area contributed by atoms with Crippen molar-refractivity contribution in [2.75, 3.05) is 39.8 Å². The van der Waals surface area contributed by atoms with E-state index in [9.17, 15) is 8.78 Å². The Bertz CT molecular complexity index is 637. The van der Waals surface area contributed by atoms with Crippen LogP contribution in [-0.2, 0) is 4.74 Å². The second-order valence-electron chi connectivity index (χ2n) is 7.70. The summed E-state index contributed by atoms with van der Waals surface area (Å²) in [6, 6.07) is 4.10. The molecular weight excluding hydrogens is 489 g/mol. The molecule has 1 heterocycles. The van der Waals surface area contributed by atoms with Crippen LogP contribution in [0.3, 0.4) is 0 Å². The quantitative estimate of drug-likeness (QED) is 0.309. The van der Waals surface area contributed by atoms with Gasteiger partial charge in [-0.15, -0.1) is 24.0 Å². The van der Waals surface area contributed by atoms with E-state index in [4.69, 9.17) is 4.74 Å². The van der Waals surface area contributed by atoms with Crippen LogP contribution in [0, 0.1) is 11.6 Å². The number of guanidine groups is 1. The van der Waals surface area contributed by atoms with Crippen molar-refractivity contribution in [3.8, 4) is 0 Å². The summed E-state index contributed by atoms with van der Waals surface area (Å²) in [4.78, 5) is 6.71. The molecule has 1 saturated heterocycles. The fraction of sp³-hybridized carbons (Fsp3) is 0.667. The summed E-state index contributed by atoms with van der Waals surface area (Å²) in [5.41, 5.74) is 0.501. The number of hydrogen-bond acceptors (Lipinski definition) is 3. The van der Waals surface area contributed by atoms with Gasteiger partial charge >= 0.3 is 0 Å². The number of likely N-dealkylation sites (tertiary alicyclic amines) is 1. The Balaban J connectivity index is 0.00000420. The Morgan fingerprint density at radius 1 is 1.24 bits per heavy atom. The second kappa shape index (κ2) is 13.3. The van der Waals surface area contributed by atoms with E-state index in [-0.39, 0.29) is 36.0 Å². The number of nitrogens with one attached hydrogen (secondary N) is 2. The summed E-state index contributed by atoms with van der Waals surface area (Å²) in [5.74, 6) is -0.440. The Morgan fingerprint density at radius 2 is 1.93 bits per heavy atom. The van der Waals surface area contributed by atoms with Crippen molar-refractivity contribution in [3.05, 3.63) is 35.4 Å². The van der Waals surface area contributed by atoms with E-state index in [0.29, 0.717) is 18.2 Å². The van der Waals surface area contributed by atoms with Crippen molar-refractivity contribution in [3.63, 3.8) is 0 Å². The highest BCUT2D eigenvalue weighted by Gasteiger charge is 2.20. The van der Waals surface area contributed by atoms with Gasteiger partial charge in [0.15, 0.2) is 5.96 Å². The summed E-state index contributed by atoms with van der Waals surface area (Å²) in [5, 5.41) is 6.72. The lowest BCUT2D eigenvalue weighted by molar-refractivity contribution is 0.0532. The van der Waals surface area contributed by atoms with Gasteiger partial charge in [-0.3, -0.25) is 4.99 Å². The minimum absolute atomic E-state index is 0. The molecule has 1 aliphatic heterocycles. The molecular formula is C21H35F2IN4O. The Morgan fingerprint density at radius 3 is 2.52 bits per heavy atom. The number of aliphatic imine (C=N–C) groups is 1. The summed E-state index contributed by atoms with van der Waals surface area (Å²) in [6.07, 6.45) is 2.37. The maximum absolute atomic E-state index is 13.9. The Hall–Kier alpha value is -1.00. The first-order valence-corrected chi connectivity index (χ1v) is 10.1. The lowest BCUT2D eigenvalue weighted by Gasteiger charge is -2.33. The third kappa shape index (κ3) is 9.13. The van der Waals surface area contributed by atoms with Gasteiger partial charge in [0, 0.05) is 51.3 Å². The predicted molar refractivity (Wildman–Crippen MR) is 125 cm³/mol. The van der Waals surface area contributed by atoms with Crippen molar-refractivity contribution in [2.45, 2.75) is 51.7 Å². The van der Waals surface area contributed by atoms with Gasteiger partial charge in [0.1, 0.15) is 11.6 Å². The van der Waals surface area contributed by atoms with E-state index in [1.54, 1.807) is 7.05 Å². The molecule has 2 rings (SSSR count). The molecule has 1 fully saturated rings. The summed E-state index contributed by atoms with van der Waals surface area (Å²) < 4.78 is 32.6. The molecule has 29 heavy (non-hydrogen) atoms. The van der Waals surface area contributed by atoms with Crippen LogP contribution < -0.4 is 10.6 Å². The van der Waals surface area contributed by atoms with Gasteiger partial charge in [-0.2, -0.15) is 0 Å². The summed E-state index contributed by atoms with van der Waals surface area (Å²) >= 11 is 0. The van der Waals surface area contributed by atoms with E-state index in [1.165, 1.54) is 12.1 Å². The molecule has 1 aromatic rings. The molecule has 1 aliphatic rings. The lowest BCUT2D eigenvalue weighted by atomic mass is 10.0. The van der Waals surface area contributed by atoms with E-state index in [2.05, 4.69) is 34.4 Å². The van der Waals surface area contributed by atoms with E-state index >= 15 is 0 Å². The molecule has 1 aromatic carbocycles. The molecule has 166 valence electrons. The van der Waals surface area contributed by atoms with E-state index < -0.39 is 11.6 Å². The number of hydrogen-bond donors (Lipinski definition) is 2. The van der Waals surface area contributed by atoms with Gasteiger partial charge in [-0.25, -0.2) is 8.78 Å². The van der Waals surface area contributed by atoms with Crippen LogP contribution in [-0.4, -0.2) is 62.8 Å². The van der Waals surface area contributed by atoms with Crippen molar-refractivity contribution < 1.29 is 13.5 Å². The largest absolute Gasteiger partial charge is 0.377 e. The highest BCUT2D eigenvalue weighted by molar-refractivity contribution is 14.0. The van der Waals surface area contributed by atoms with Gasteiger partial charge in [0.05, 0.1) is 12.7 Å². The van der Waals surface area contributed by atoms with Gasteiger partial charge in [-0.1, -0.05) is 13.0 Å². The Kier molecular flexibility index (Phi) is 12.0. The molecule has 0 amide bonds. The third-order valence-corrected chi connectivity index (χ3v) is 5.08. The van der Waals surface area contributed by atoms with Gasteiger partial charge in [0.25, 0.3) is 0 Å². The van der Waals surface area contributed by atoms with Gasteiger partial charge in [0.2, 0.25) is 0 Å². The summed E-state index contributed by atoms with van der Waals surface area (Å²) in [7, 11) is 1.73. The number of rotatable bonds is 8. The molecule has 8 heteroatoms. The number of benzene rings is 1. The Labute approximate surface area is 190 Å². The highest BCUT2D eigenvalue weighted by atomic mass is 127. The molecule has 0 bridgehead atoms. The molecule has 0 saturated carbocycles. The zero-order valence-corrected chi connectivity index (χ0v) is 20.2. The SMILES string of the molecule is CN=C(NCC(C)c1ccc(F)cc1F)NC1CCN(CCOC(C)C)CC1.I. The van der Waals surface area contributed by atoms with Crippen LogP contribution in [0.25, 0.3) is 0 Å². The average molecular weight is 524 g/mol. The van der Waals surface area contributed by atoms with Gasteiger partial charge < -0.3 is 20.3 Å². The molecule has 0 radical (unpaired) electrons. The highest BCUT2D eigenvalue weighted by Crippen LogP contribution is 2.19. The topological polar surface area (TPSA) is 48.9 Å². The molecule has 0 aromatic heterocycles. The van der Waals surface area contributed by atoms with Crippen LogP contribution in [0.5, 0.6) is 0 Å². The smallest absolute Gasteiger partial charge is 0.191 e. The first-order chi connectivity index (χ1) is 13.4.